The van der Waals surface area contributed by atoms with Gasteiger partial charge in [0.1, 0.15) is 6.04 Å². The molecule has 2 atom stereocenters. The molecule has 1 fully saturated rings. The van der Waals surface area contributed by atoms with Crippen molar-refractivity contribution in [3.05, 3.63) is 83.9 Å². The van der Waals surface area contributed by atoms with Crippen LogP contribution >= 0.6 is 12.2 Å². The number of H-pyrrole nitrogens is 1. The fraction of sp³-hybridized carbons (Fsp3) is 0.158. The first kappa shape index (κ1) is 14.9. The molecule has 0 amide bonds. The van der Waals surface area contributed by atoms with Gasteiger partial charge in [0.15, 0.2) is 5.11 Å². The topological polar surface area (TPSA) is 44.0 Å². The minimum Gasteiger partial charge on any atom is -0.363 e. The SMILES string of the molecule is Cc1ccc(N2C(=S)N[C@H](c3ccccn3)[C@H]2c2ccc[nH]2)cc1. The number of rotatable bonds is 3. The molecule has 24 heavy (non-hydrogen) atoms. The van der Waals surface area contributed by atoms with Gasteiger partial charge in [-0.1, -0.05) is 23.8 Å². The van der Waals surface area contributed by atoms with Crippen molar-refractivity contribution in [3.8, 4) is 0 Å². The Balaban J connectivity index is 1.80. The van der Waals surface area contributed by atoms with Crippen LogP contribution in [0.4, 0.5) is 5.69 Å². The summed E-state index contributed by atoms with van der Waals surface area (Å²) in [4.78, 5) is 10.0. The Bertz CT molecular complexity index is 828. The number of hydrogen-bond donors (Lipinski definition) is 2. The number of hydrogen-bond acceptors (Lipinski definition) is 2. The Kier molecular flexibility index (Phi) is 3.78. The molecule has 2 N–H and O–H groups in total. The molecule has 1 saturated heterocycles. The van der Waals surface area contributed by atoms with Crippen LogP contribution in [0, 0.1) is 6.92 Å². The van der Waals surface area contributed by atoms with Crippen molar-refractivity contribution in [2.24, 2.45) is 0 Å². The maximum atomic E-state index is 5.66. The first-order valence-electron chi connectivity index (χ1n) is 7.94. The molecule has 4 rings (SSSR count). The second-order valence-electron chi connectivity index (χ2n) is 5.96. The van der Waals surface area contributed by atoms with E-state index in [0.717, 1.165) is 17.1 Å². The van der Waals surface area contributed by atoms with Gasteiger partial charge in [-0.2, -0.15) is 0 Å². The number of aromatic nitrogens is 2. The minimum atomic E-state index is -0.00125. The van der Waals surface area contributed by atoms with Gasteiger partial charge >= 0.3 is 0 Å². The van der Waals surface area contributed by atoms with Crippen molar-refractivity contribution in [2.75, 3.05) is 4.90 Å². The summed E-state index contributed by atoms with van der Waals surface area (Å²) in [5.74, 6) is 0. The summed E-state index contributed by atoms with van der Waals surface area (Å²) in [6.07, 6.45) is 3.76. The summed E-state index contributed by atoms with van der Waals surface area (Å²) >= 11 is 5.66. The second-order valence-corrected chi connectivity index (χ2v) is 6.34. The molecular formula is C19H18N4S. The molecule has 0 aliphatic carbocycles. The minimum absolute atomic E-state index is 0.00125. The highest BCUT2D eigenvalue weighted by atomic mass is 32.1. The fourth-order valence-electron chi connectivity index (χ4n) is 3.18. The van der Waals surface area contributed by atoms with Gasteiger partial charge in [0.25, 0.3) is 0 Å². The zero-order valence-corrected chi connectivity index (χ0v) is 14.1. The van der Waals surface area contributed by atoms with Crippen LogP contribution in [-0.4, -0.2) is 15.1 Å². The Morgan fingerprint density at radius 3 is 2.54 bits per heavy atom. The normalized spacial score (nSPS) is 20.2. The molecule has 3 aromatic rings. The van der Waals surface area contributed by atoms with E-state index < -0.39 is 0 Å². The molecule has 1 aliphatic heterocycles. The van der Waals surface area contributed by atoms with E-state index in [-0.39, 0.29) is 12.1 Å². The Labute approximate surface area is 146 Å². The fourth-order valence-corrected chi connectivity index (χ4v) is 3.53. The van der Waals surface area contributed by atoms with Gasteiger partial charge in [-0.15, -0.1) is 0 Å². The molecule has 2 aromatic heterocycles. The van der Waals surface area contributed by atoms with E-state index in [0.29, 0.717) is 5.11 Å². The molecule has 0 radical (unpaired) electrons. The molecule has 0 saturated carbocycles. The average molecular weight is 334 g/mol. The number of aryl methyl sites for hydroxylation is 1. The zero-order chi connectivity index (χ0) is 16.5. The molecule has 3 heterocycles. The van der Waals surface area contributed by atoms with E-state index in [1.54, 1.807) is 0 Å². The Morgan fingerprint density at radius 1 is 1.04 bits per heavy atom. The first-order valence-corrected chi connectivity index (χ1v) is 8.35. The second kappa shape index (κ2) is 6.09. The molecule has 0 spiro atoms. The van der Waals surface area contributed by atoms with Crippen LogP contribution in [0.3, 0.4) is 0 Å². The lowest BCUT2D eigenvalue weighted by atomic mass is 10.0. The molecular weight excluding hydrogens is 316 g/mol. The number of anilines is 1. The molecule has 1 aliphatic rings. The van der Waals surface area contributed by atoms with Crippen LogP contribution in [0.1, 0.15) is 29.0 Å². The largest absolute Gasteiger partial charge is 0.363 e. The first-order chi connectivity index (χ1) is 11.7. The quantitative estimate of drug-likeness (QED) is 0.713. The zero-order valence-electron chi connectivity index (χ0n) is 13.3. The van der Waals surface area contributed by atoms with E-state index in [2.05, 4.69) is 57.4 Å². The van der Waals surface area contributed by atoms with Gasteiger partial charge in [0.05, 0.1) is 11.7 Å². The highest BCUT2D eigenvalue weighted by Gasteiger charge is 2.41. The van der Waals surface area contributed by atoms with Crippen molar-refractivity contribution in [1.29, 1.82) is 0 Å². The summed E-state index contributed by atoms with van der Waals surface area (Å²) in [5.41, 5.74) is 4.40. The lowest BCUT2D eigenvalue weighted by Gasteiger charge is -2.27. The maximum absolute atomic E-state index is 5.66. The molecule has 0 unspecified atom stereocenters. The van der Waals surface area contributed by atoms with Crippen LogP contribution in [0.15, 0.2) is 67.0 Å². The summed E-state index contributed by atoms with van der Waals surface area (Å²) in [6.45, 7) is 2.09. The lowest BCUT2D eigenvalue weighted by molar-refractivity contribution is 0.558. The maximum Gasteiger partial charge on any atom is 0.174 e. The molecule has 1 aromatic carbocycles. The molecule has 120 valence electrons. The highest BCUT2D eigenvalue weighted by molar-refractivity contribution is 7.80. The highest BCUT2D eigenvalue weighted by Crippen LogP contribution is 2.40. The van der Waals surface area contributed by atoms with E-state index in [9.17, 15) is 0 Å². The van der Waals surface area contributed by atoms with Crippen molar-refractivity contribution < 1.29 is 0 Å². The summed E-state index contributed by atoms with van der Waals surface area (Å²) in [6, 6.07) is 18.6. The van der Waals surface area contributed by atoms with E-state index in [1.165, 1.54) is 5.56 Å². The van der Waals surface area contributed by atoms with Crippen LogP contribution < -0.4 is 10.2 Å². The molecule has 5 heteroatoms. The number of aromatic amines is 1. The van der Waals surface area contributed by atoms with Crippen LogP contribution in [0.5, 0.6) is 0 Å². The van der Waals surface area contributed by atoms with Gasteiger partial charge in [-0.05, 0) is 55.5 Å². The van der Waals surface area contributed by atoms with Gasteiger partial charge in [-0.25, -0.2) is 0 Å². The van der Waals surface area contributed by atoms with Gasteiger partial charge in [0, 0.05) is 23.8 Å². The van der Waals surface area contributed by atoms with Crippen LogP contribution in [0.2, 0.25) is 0 Å². The van der Waals surface area contributed by atoms with E-state index in [4.69, 9.17) is 12.2 Å². The Hall–Kier alpha value is -2.66. The number of thiocarbonyl (C=S) groups is 1. The lowest BCUT2D eigenvalue weighted by Crippen LogP contribution is -2.29. The Morgan fingerprint density at radius 2 is 1.88 bits per heavy atom. The van der Waals surface area contributed by atoms with Crippen molar-refractivity contribution in [1.82, 2.24) is 15.3 Å². The van der Waals surface area contributed by atoms with E-state index >= 15 is 0 Å². The monoisotopic (exact) mass is 334 g/mol. The summed E-state index contributed by atoms with van der Waals surface area (Å²) in [7, 11) is 0. The third-order valence-corrected chi connectivity index (χ3v) is 4.67. The summed E-state index contributed by atoms with van der Waals surface area (Å²) in [5, 5.41) is 4.16. The van der Waals surface area contributed by atoms with Crippen molar-refractivity contribution >= 4 is 23.0 Å². The smallest absolute Gasteiger partial charge is 0.174 e. The average Bonchev–Trinajstić information content (AvgIpc) is 3.24. The molecule has 0 bridgehead atoms. The standard InChI is InChI=1S/C19H18N4S/c1-13-7-9-14(10-8-13)23-18(16-6-4-12-21-16)17(22-19(23)24)15-5-2-3-11-20-15/h2-12,17-18,21H,1H3,(H,22,24)/t17-,18-/m1/s1. The van der Waals surface area contributed by atoms with Crippen molar-refractivity contribution in [3.63, 3.8) is 0 Å². The van der Waals surface area contributed by atoms with Crippen LogP contribution in [0.25, 0.3) is 0 Å². The number of benzene rings is 1. The predicted octanol–water partition coefficient (Wildman–Crippen LogP) is 3.90. The number of pyridine rings is 1. The van der Waals surface area contributed by atoms with E-state index in [1.807, 2.05) is 36.7 Å². The van der Waals surface area contributed by atoms with Gasteiger partial charge in [-0.3, -0.25) is 4.98 Å². The predicted molar refractivity (Wildman–Crippen MR) is 99.9 cm³/mol. The third kappa shape index (κ3) is 2.57. The van der Waals surface area contributed by atoms with Crippen molar-refractivity contribution in [2.45, 2.75) is 19.0 Å². The van der Waals surface area contributed by atoms with Gasteiger partial charge < -0.3 is 15.2 Å². The number of nitrogens with zero attached hydrogens (tertiary/aromatic N) is 2. The van der Waals surface area contributed by atoms with Gasteiger partial charge in [0.2, 0.25) is 0 Å². The molecule has 4 nitrogen and oxygen atoms in total. The van der Waals surface area contributed by atoms with Crippen LogP contribution in [-0.2, 0) is 0 Å². The summed E-state index contributed by atoms with van der Waals surface area (Å²) < 4.78 is 0. The number of nitrogens with one attached hydrogen (secondary N) is 2. The third-order valence-electron chi connectivity index (χ3n) is 4.35.